The maximum atomic E-state index is 12.4. The average Bonchev–Trinajstić information content (AvgIpc) is 2.59. The number of hydrogen-bond acceptors (Lipinski definition) is 4. The Hall–Kier alpha value is -1.59. The van der Waals surface area contributed by atoms with Gasteiger partial charge in [-0.2, -0.15) is 0 Å². The molecule has 0 radical (unpaired) electrons. The number of likely N-dealkylation sites (tertiary alicyclic amines) is 1. The fourth-order valence-electron chi connectivity index (χ4n) is 3.77. The van der Waals surface area contributed by atoms with E-state index in [0.717, 1.165) is 50.4 Å². The number of amides is 1. The first-order chi connectivity index (χ1) is 12.1. The second kappa shape index (κ2) is 8.19. The molecule has 1 aromatic carbocycles. The van der Waals surface area contributed by atoms with Crippen molar-refractivity contribution in [2.24, 2.45) is 5.92 Å². The summed E-state index contributed by atoms with van der Waals surface area (Å²) >= 11 is 0. The van der Waals surface area contributed by atoms with Gasteiger partial charge in [0.05, 0.1) is 13.1 Å². The van der Waals surface area contributed by atoms with Crippen molar-refractivity contribution >= 4 is 5.91 Å². The Balaban J connectivity index is 1.43. The van der Waals surface area contributed by atoms with Crippen LogP contribution < -0.4 is 4.74 Å². The molecule has 5 nitrogen and oxygen atoms in total. The van der Waals surface area contributed by atoms with Crippen molar-refractivity contribution in [1.82, 2.24) is 4.90 Å². The van der Waals surface area contributed by atoms with Crippen LogP contribution in [0.25, 0.3) is 0 Å². The third-order valence-electron chi connectivity index (χ3n) is 5.23. The minimum atomic E-state index is -0.131. The number of nitrogens with zero attached hydrogens (tertiary/aromatic N) is 1. The summed E-state index contributed by atoms with van der Waals surface area (Å²) in [5, 5.41) is 0. The molecule has 1 unspecified atom stereocenters. The van der Waals surface area contributed by atoms with Gasteiger partial charge in [-0.25, -0.2) is 0 Å². The van der Waals surface area contributed by atoms with Gasteiger partial charge in [0, 0.05) is 19.8 Å². The number of para-hydroxylation sites is 1. The van der Waals surface area contributed by atoms with Gasteiger partial charge in [0.2, 0.25) is 0 Å². The number of carbonyl (C=O) groups is 1. The summed E-state index contributed by atoms with van der Waals surface area (Å²) in [6.45, 7) is 7.87. The van der Waals surface area contributed by atoms with E-state index in [2.05, 4.69) is 0 Å². The lowest BCUT2D eigenvalue weighted by Gasteiger charge is -2.53. The molecule has 138 valence electrons. The minimum Gasteiger partial charge on any atom is -0.484 e. The fraction of sp³-hybridized carbons (Fsp3) is 0.650. The van der Waals surface area contributed by atoms with Crippen LogP contribution in [-0.2, 0) is 14.3 Å². The summed E-state index contributed by atoms with van der Waals surface area (Å²) < 4.78 is 17.2. The van der Waals surface area contributed by atoms with Gasteiger partial charge < -0.3 is 19.1 Å². The van der Waals surface area contributed by atoms with E-state index >= 15 is 0 Å². The predicted molar refractivity (Wildman–Crippen MR) is 95.8 cm³/mol. The van der Waals surface area contributed by atoms with Crippen molar-refractivity contribution in [3.05, 3.63) is 29.8 Å². The molecule has 0 aromatic heterocycles. The molecular weight excluding hydrogens is 318 g/mol. The summed E-state index contributed by atoms with van der Waals surface area (Å²) in [5.41, 5.74) is 0.913. The first-order valence-electron chi connectivity index (χ1n) is 9.30. The zero-order valence-electron chi connectivity index (χ0n) is 15.3. The molecule has 0 aliphatic carbocycles. The highest BCUT2D eigenvalue weighted by Crippen LogP contribution is 2.38. The van der Waals surface area contributed by atoms with Crippen molar-refractivity contribution < 1.29 is 19.0 Å². The first-order valence-corrected chi connectivity index (χ1v) is 9.30. The van der Waals surface area contributed by atoms with Crippen molar-refractivity contribution in [3.63, 3.8) is 0 Å². The molecule has 1 aromatic rings. The molecule has 0 N–H and O–H groups in total. The highest BCUT2D eigenvalue weighted by molar-refractivity contribution is 5.79. The number of benzene rings is 1. The number of aryl methyl sites for hydroxylation is 1. The van der Waals surface area contributed by atoms with Crippen LogP contribution in [-0.4, -0.2) is 55.9 Å². The minimum absolute atomic E-state index is 0.0360. The molecular formula is C20H29NO4. The van der Waals surface area contributed by atoms with E-state index in [9.17, 15) is 4.79 Å². The topological polar surface area (TPSA) is 48.0 Å². The highest BCUT2D eigenvalue weighted by atomic mass is 16.5. The van der Waals surface area contributed by atoms with Gasteiger partial charge in [0.15, 0.2) is 6.61 Å². The van der Waals surface area contributed by atoms with Crippen LogP contribution in [0.4, 0.5) is 0 Å². The molecule has 2 aliphatic rings. The normalized spacial score (nSPS) is 21.8. The van der Waals surface area contributed by atoms with Gasteiger partial charge >= 0.3 is 0 Å². The highest BCUT2D eigenvalue weighted by Gasteiger charge is 2.49. The quantitative estimate of drug-likeness (QED) is 0.712. The zero-order valence-corrected chi connectivity index (χ0v) is 15.3. The Morgan fingerprint density at radius 2 is 2.16 bits per heavy atom. The first kappa shape index (κ1) is 18.2. The summed E-state index contributed by atoms with van der Waals surface area (Å²) in [6.07, 6.45) is 3.21. The van der Waals surface area contributed by atoms with Crippen LogP contribution in [0, 0.1) is 12.8 Å². The summed E-state index contributed by atoms with van der Waals surface area (Å²) in [7, 11) is 0. The summed E-state index contributed by atoms with van der Waals surface area (Å²) in [5.74, 6) is 1.45. The fourth-order valence-corrected chi connectivity index (χ4v) is 3.77. The maximum Gasteiger partial charge on any atom is 0.260 e. The lowest BCUT2D eigenvalue weighted by molar-refractivity contribution is -0.190. The summed E-state index contributed by atoms with van der Waals surface area (Å²) in [4.78, 5) is 14.2. The lowest BCUT2D eigenvalue weighted by atomic mass is 9.79. The molecule has 1 atom stereocenters. The lowest BCUT2D eigenvalue weighted by Crippen LogP contribution is -2.67. The zero-order chi connectivity index (χ0) is 17.7. The van der Waals surface area contributed by atoms with E-state index in [4.69, 9.17) is 14.2 Å². The Labute approximate surface area is 150 Å². The van der Waals surface area contributed by atoms with E-state index in [1.807, 2.05) is 43.0 Å². The molecule has 2 saturated heterocycles. The van der Waals surface area contributed by atoms with Gasteiger partial charge in [0.25, 0.3) is 5.91 Å². The van der Waals surface area contributed by atoms with Crippen LogP contribution in [0.5, 0.6) is 5.75 Å². The third kappa shape index (κ3) is 4.53. The van der Waals surface area contributed by atoms with E-state index in [1.54, 1.807) is 0 Å². The van der Waals surface area contributed by atoms with Crippen LogP contribution in [0.3, 0.4) is 0 Å². The predicted octanol–water partition coefficient (Wildman–Crippen LogP) is 2.81. The SMILES string of the molecule is CCOCCC1CCOC2(C1)CN(C(=O)COc1ccccc1C)C2. The van der Waals surface area contributed by atoms with E-state index in [0.29, 0.717) is 19.0 Å². The number of hydrogen-bond donors (Lipinski definition) is 0. The molecule has 1 spiro atoms. The van der Waals surface area contributed by atoms with Crippen LogP contribution in [0.15, 0.2) is 24.3 Å². The van der Waals surface area contributed by atoms with Gasteiger partial charge in [-0.05, 0) is 50.7 Å². The van der Waals surface area contributed by atoms with Gasteiger partial charge in [-0.3, -0.25) is 4.79 Å². The Morgan fingerprint density at radius 3 is 2.92 bits per heavy atom. The molecule has 0 saturated carbocycles. The summed E-state index contributed by atoms with van der Waals surface area (Å²) in [6, 6.07) is 7.76. The van der Waals surface area contributed by atoms with Crippen molar-refractivity contribution in [1.29, 1.82) is 0 Å². The van der Waals surface area contributed by atoms with Crippen molar-refractivity contribution in [2.45, 2.75) is 38.7 Å². The molecule has 2 fully saturated rings. The second-order valence-corrected chi connectivity index (χ2v) is 7.18. The Bertz CT molecular complexity index is 583. The van der Waals surface area contributed by atoms with Gasteiger partial charge in [-0.15, -0.1) is 0 Å². The molecule has 0 bridgehead atoms. The number of rotatable bonds is 7. The maximum absolute atomic E-state index is 12.4. The van der Waals surface area contributed by atoms with E-state index in [1.165, 1.54) is 0 Å². The van der Waals surface area contributed by atoms with E-state index in [-0.39, 0.29) is 18.1 Å². The molecule has 25 heavy (non-hydrogen) atoms. The van der Waals surface area contributed by atoms with E-state index < -0.39 is 0 Å². The standard InChI is InChI=1S/C20H29NO4/c1-3-23-10-8-17-9-11-25-20(12-17)14-21(15-20)19(22)13-24-18-7-5-4-6-16(18)2/h4-7,17H,3,8-15H2,1-2H3. The third-order valence-corrected chi connectivity index (χ3v) is 5.23. The largest absolute Gasteiger partial charge is 0.484 e. The van der Waals surface area contributed by atoms with Crippen LogP contribution >= 0.6 is 0 Å². The monoisotopic (exact) mass is 347 g/mol. The smallest absolute Gasteiger partial charge is 0.260 e. The molecule has 3 rings (SSSR count). The Morgan fingerprint density at radius 1 is 1.36 bits per heavy atom. The van der Waals surface area contributed by atoms with Crippen molar-refractivity contribution in [3.8, 4) is 5.75 Å². The molecule has 1 amide bonds. The van der Waals surface area contributed by atoms with Crippen LogP contribution in [0.1, 0.15) is 31.7 Å². The van der Waals surface area contributed by atoms with Crippen LogP contribution in [0.2, 0.25) is 0 Å². The number of carbonyl (C=O) groups excluding carboxylic acids is 1. The van der Waals surface area contributed by atoms with Gasteiger partial charge in [0.1, 0.15) is 11.4 Å². The number of ether oxygens (including phenoxy) is 3. The van der Waals surface area contributed by atoms with Gasteiger partial charge in [-0.1, -0.05) is 18.2 Å². The molecule has 5 heteroatoms. The average molecular weight is 347 g/mol. The molecule has 2 heterocycles. The molecule has 2 aliphatic heterocycles. The Kier molecular flexibility index (Phi) is 5.97. The van der Waals surface area contributed by atoms with Crippen molar-refractivity contribution in [2.75, 3.05) is 39.5 Å². The second-order valence-electron chi connectivity index (χ2n) is 7.18.